The summed E-state index contributed by atoms with van der Waals surface area (Å²) in [5.74, 6) is 1.12. The zero-order valence-corrected chi connectivity index (χ0v) is 17.7. The molecule has 0 bridgehead atoms. The number of nitrogens with zero attached hydrogens (tertiary/aromatic N) is 2. The van der Waals surface area contributed by atoms with Gasteiger partial charge in [-0.15, -0.1) is 11.3 Å². The highest BCUT2D eigenvalue weighted by Crippen LogP contribution is 2.41. The van der Waals surface area contributed by atoms with Crippen LogP contribution in [0.3, 0.4) is 0 Å². The van der Waals surface area contributed by atoms with Crippen molar-refractivity contribution in [2.75, 3.05) is 33.1 Å². The van der Waals surface area contributed by atoms with Gasteiger partial charge in [-0.1, -0.05) is 0 Å². The number of nitriles is 1. The lowest BCUT2D eigenvalue weighted by molar-refractivity contribution is 0.0529. The number of carbonyl (C=O) groups is 1. The van der Waals surface area contributed by atoms with Crippen LogP contribution in [0.25, 0.3) is 0 Å². The number of ether oxygens (including phenoxy) is 3. The number of likely N-dealkylation sites (tertiary alicyclic amines) is 1. The van der Waals surface area contributed by atoms with Crippen LogP contribution in [0.2, 0.25) is 0 Å². The molecule has 1 atom stereocenters. The van der Waals surface area contributed by atoms with Crippen molar-refractivity contribution in [3.8, 4) is 17.6 Å². The van der Waals surface area contributed by atoms with Crippen molar-refractivity contribution in [2.45, 2.75) is 32.4 Å². The van der Waals surface area contributed by atoms with Gasteiger partial charge in [-0.25, -0.2) is 4.79 Å². The summed E-state index contributed by atoms with van der Waals surface area (Å²) in [4.78, 5) is 15.1. The van der Waals surface area contributed by atoms with Crippen molar-refractivity contribution >= 4 is 22.3 Å². The molecule has 2 N–H and O–H groups in total. The summed E-state index contributed by atoms with van der Waals surface area (Å²) in [6.45, 7) is 3.31. The quantitative estimate of drug-likeness (QED) is 0.688. The average molecular weight is 416 g/mol. The van der Waals surface area contributed by atoms with Crippen LogP contribution in [0, 0.1) is 11.3 Å². The highest BCUT2D eigenvalue weighted by atomic mass is 32.1. The number of hydrogen-bond donors (Lipinski definition) is 1. The molecule has 1 aromatic carbocycles. The molecule has 1 fully saturated rings. The Morgan fingerprint density at radius 2 is 2.17 bits per heavy atom. The Labute approximate surface area is 174 Å². The number of nitrogens with two attached hydrogens (primary N) is 1. The van der Waals surface area contributed by atoms with Crippen LogP contribution >= 0.6 is 11.3 Å². The number of hydrogen-bond acceptors (Lipinski definition) is 8. The molecular formula is C21H25N3O4S. The summed E-state index contributed by atoms with van der Waals surface area (Å²) in [7, 11) is 3.29. The fourth-order valence-corrected chi connectivity index (χ4v) is 4.71. The minimum Gasteiger partial charge on any atom is -0.497 e. The van der Waals surface area contributed by atoms with Crippen LogP contribution < -0.4 is 15.2 Å². The van der Waals surface area contributed by atoms with E-state index in [9.17, 15) is 10.1 Å². The standard InChI is InChI=1S/C21H25N3O4S/c1-4-28-21(25)19-16(15(11-22)20(23)29-19)12-24-9-5-6-17(24)14-10-13(26-2)7-8-18(14)27-3/h7-8,10,17H,4-6,9,12,23H2,1-3H3/t17-/m0/s1. The van der Waals surface area contributed by atoms with Crippen molar-refractivity contribution in [3.63, 3.8) is 0 Å². The number of carbonyl (C=O) groups excluding carboxylic acids is 1. The van der Waals surface area contributed by atoms with E-state index in [1.54, 1.807) is 21.1 Å². The van der Waals surface area contributed by atoms with E-state index in [1.165, 1.54) is 0 Å². The van der Waals surface area contributed by atoms with Crippen molar-refractivity contribution in [3.05, 3.63) is 39.8 Å². The molecule has 0 unspecified atom stereocenters. The second-order valence-electron chi connectivity index (χ2n) is 6.72. The molecule has 1 saturated heterocycles. The molecule has 0 spiro atoms. The first-order chi connectivity index (χ1) is 14.0. The second kappa shape index (κ2) is 9.16. The Bertz CT molecular complexity index is 935. The molecule has 0 radical (unpaired) electrons. The van der Waals surface area contributed by atoms with Crippen molar-refractivity contribution < 1.29 is 19.0 Å². The maximum absolute atomic E-state index is 12.4. The first kappa shape index (κ1) is 21.0. The second-order valence-corrected chi connectivity index (χ2v) is 7.77. The van der Waals surface area contributed by atoms with Gasteiger partial charge in [0.05, 0.1) is 26.4 Å². The van der Waals surface area contributed by atoms with E-state index >= 15 is 0 Å². The van der Waals surface area contributed by atoms with E-state index in [4.69, 9.17) is 19.9 Å². The minimum absolute atomic E-state index is 0.0859. The maximum Gasteiger partial charge on any atom is 0.348 e. The largest absolute Gasteiger partial charge is 0.497 e. The van der Waals surface area contributed by atoms with Gasteiger partial charge in [-0.3, -0.25) is 4.90 Å². The lowest BCUT2D eigenvalue weighted by Crippen LogP contribution is -2.24. The summed E-state index contributed by atoms with van der Waals surface area (Å²) in [6.07, 6.45) is 1.95. The van der Waals surface area contributed by atoms with Gasteiger partial charge in [0.1, 0.15) is 27.4 Å². The number of esters is 1. The van der Waals surface area contributed by atoms with Gasteiger partial charge in [0.15, 0.2) is 0 Å². The minimum atomic E-state index is -0.435. The van der Waals surface area contributed by atoms with Gasteiger partial charge in [-0.2, -0.15) is 5.26 Å². The zero-order valence-electron chi connectivity index (χ0n) is 16.9. The van der Waals surface area contributed by atoms with Crippen molar-refractivity contribution in [1.82, 2.24) is 4.90 Å². The summed E-state index contributed by atoms with van der Waals surface area (Å²) in [5.41, 5.74) is 8.06. The number of nitrogen functional groups attached to an aromatic ring is 1. The Hall–Kier alpha value is -2.76. The van der Waals surface area contributed by atoms with Gasteiger partial charge in [0.25, 0.3) is 0 Å². The zero-order chi connectivity index (χ0) is 21.0. The Kier molecular flexibility index (Phi) is 6.62. The number of thiophene rings is 1. The first-order valence-corrected chi connectivity index (χ1v) is 10.3. The molecule has 29 heavy (non-hydrogen) atoms. The smallest absolute Gasteiger partial charge is 0.348 e. The Morgan fingerprint density at radius 3 is 2.83 bits per heavy atom. The maximum atomic E-state index is 12.4. The molecule has 2 heterocycles. The van der Waals surface area contributed by atoms with E-state index in [-0.39, 0.29) is 12.6 Å². The molecule has 154 valence electrons. The molecular weight excluding hydrogens is 390 g/mol. The van der Waals surface area contributed by atoms with Gasteiger partial charge >= 0.3 is 5.97 Å². The number of anilines is 1. The normalized spacial score (nSPS) is 16.4. The van der Waals surface area contributed by atoms with E-state index in [2.05, 4.69) is 11.0 Å². The van der Waals surface area contributed by atoms with E-state index in [0.717, 1.165) is 47.8 Å². The van der Waals surface area contributed by atoms with E-state index in [0.29, 0.717) is 27.5 Å². The topological polar surface area (TPSA) is 97.8 Å². The molecule has 2 aromatic rings. The third kappa shape index (κ3) is 4.16. The van der Waals surface area contributed by atoms with E-state index in [1.807, 2.05) is 18.2 Å². The highest BCUT2D eigenvalue weighted by Gasteiger charge is 2.32. The Balaban J connectivity index is 1.97. The number of benzene rings is 1. The number of methoxy groups -OCH3 is 2. The molecule has 7 nitrogen and oxygen atoms in total. The van der Waals surface area contributed by atoms with Crippen LogP contribution in [0.4, 0.5) is 5.00 Å². The van der Waals surface area contributed by atoms with Crippen molar-refractivity contribution in [1.29, 1.82) is 5.26 Å². The van der Waals surface area contributed by atoms with Crippen LogP contribution in [0.5, 0.6) is 11.5 Å². The lowest BCUT2D eigenvalue weighted by atomic mass is 10.0. The predicted molar refractivity (Wildman–Crippen MR) is 111 cm³/mol. The molecule has 1 aromatic heterocycles. The van der Waals surface area contributed by atoms with Crippen LogP contribution in [-0.4, -0.2) is 38.2 Å². The fraction of sp³-hybridized carbons (Fsp3) is 0.429. The summed E-state index contributed by atoms with van der Waals surface area (Å²) < 4.78 is 16.1. The van der Waals surface area contributed by atoms with Crippen molar-refractivity contribution in [2.24, 2.45) is 0 Å². The first-order valence-electron chi connectivity index (χ1n) is 9.48. The third-order valence-corrected chi connectivity index (χ3v) is 6.17. The average Bonchev–Trinajstić information content (AvgIpc) is 3.31. The lowest BCUT2D eigenvalue weighted by Gasteiger charge is -2.26. The monoisotopic (exact) mass is 415 g/mol. The van der Waals surface area contributed by atoms with Crippen LogP contribution in [-0.2, 0) is 11.3 Å². The molecule has 0 aliphatic carbocycles. The summed E-state index contributed by atoms with van der Waals surface area (Å²) in [6, 6.07) is 8.00. The van der Waals surface area contributed by atoms with E-state index < -0.39 is 5.97 Å². The Morgan fingerprint density at radius 1 is 1.38 bits per heavy atom. The molecule has 1 aliphatic heterocycles. The predicted octanol–water partition coefficient (Wildman–Crippen LogP) is 3.73. The number of rotatable bonds is 7. The molecule has 1 aliphatic rings. The fourth-order valence-electron chi connectivity index (χ4n) is 3.79. The van der Waals surface area contributed by atoms with Gasteiger partial charge < -0.3 is 19.9 Å². The SMILES string of the molecule is CCOC(=O)c1sc(N)c(C#N)c1CN1CCC[C@H]1c1cc(OC)ccc1OC. The summed E-state index contributed by atoms with van der Waals surface area (Å²) >= 11 is 1.12. The third-order valence-electron chi connectivity index (χ3n) is 5.13. The van der Waals surface area contributed by atoms with Gasteiger partial charge in [0, 0.05) is 23.7 Å². The van der Waals surface area contributed by atoms with Gasteiger partial charge in [0.2, 0.25) is 0 Å². The summed E-state index contributed by atoms with van der Waals surface area (Å²) in [5, 5.41) is 9.95. The van der Waals surface area contributed by atoms with Gasteiger partial charge in [-0.05, 0) is 44.5 Å². The van der Waals surface area contributed by atoms with Crippen LogP contribution in [0.1, 0.15) is 52.2 Å². The highest BCUT2D eigenvalue weighted by molar-refractivity contribution is 7.18. The molecule has 0 amide bonds. The van der Waals surface area contributed by atoms with Crippen LogP contribution in [0.15, 0.2) is 18.2 Å². The molecule has 3 rings (SSSR count). The molecule has 0 saturated carbocycles. The molecule has 8 heteroatoms.